The SMILES string of the molecule is COc1cc(-c2ccc(N)c(OC)c2[N+]#N)ccc1N. The molecule has 0 spiro atoms. The van der Waals surface area contributed by atoms with Gasteiger partial charge in [0.05, 0.1) is 31.2 Å². The van der Waals surface area contributed by atoms with Gasteiger partial charge in [0.25, 0.3) is 0 Å². The summed E-state index contributed by atoms with van der Waals surface area (Å²) in [4.78, 5) is 3.28. The van der Waals surface area contributed by atoms with E-state index in [2.05, 4.69) is 4.98 Å². The van der Waals surface area contributed by atoms with E-state index < -0.39 is 0 Å². The molecule has 0 unspecified atom stereocenters. The summed E-state index contributed by atoms with van der Waals surface area (Å²) in [5.41, 5.74) is 14.2. The molecule has 0 aromatic heterocycles. The van der Waals surface area contributed by atoms with Gasteiger partial charge in [-0.05, 0) is 29.8 Å². The fourth-order valence-electron chi connectivity index (χ4n) is 2.01. The van der Waals surface area contributed by atoms with E-state index in [0.717, 1.165) is 5.56 Å². The number of hydrogen-bond acceptors (Lipinski definition) is 5. The van der Waals surface area contributed by atoms with Crippen molar-refractivity contribution in [1.29, 1.82) is 5.39 Å². The van der Waals surface area contributed by atoms with Crippen LogP contribution >= 0.6 is 0 Å². The minimum Gasteiger partial charge on any atom is -0.495 e. The Bertz CT molecular complexity index is 692. The molecule has 0 saturated heterocycles. The maximum Gasteiger partial charge on any atom is 0.436 e. The molecule has 2 aromatic rings. The van der Waals surface area contributed by atoms with E-state index in [4.69, 9.17) is 20.9 Å². The number of ether oxygens (including phenoxy) is 2. The van der Waals surface area contributed by atoms with Gasteiger partial charge < -0.3 is 20.9 Å². The Morgan fingerprint density at radius 2 is 1.70 bits per heavy atom. The lowest BCUT2D eigenvalue weighted by Crippen LogP contribution is -1.95. The smallest absolute Gasteiger partial charge is 0.436 e. The van der Waals surface area contributed by atoms with Crippen molar-refractivity contribution in [2.75, 3.05) is 25.7 Å². The van der Waals surface area contributed by atoms with Crippen LogP contribution in [0.2, 0.25) is 0 Å². The average molecular weight is 271 g/mol. The lowest BCUT2D eigenvalue weighted by molar-refractivity contribution is 0.417. The van der Waals surface area contributed by atoms with Crippen LogP contribution in [0.1, 0.15) is 0 Å². The molecule has 0 amide bonds. The lowest BCUT2D eigenvalue weighted by atomic mass is 10.0. The van der Waals surface area contributed by atoms with E-state index in [0.29, 0.717) is 28.4 Å². The van der Waals surface area contributed by atoms with Gasteiger partial charge in [-0.25, -0.2) is 0 Å². The highest BCUT2D eigenvalue weighted by atomic mass is 16.5. The second kappa shape index (κ2) is 5.36. The van der Waals surface area contributed by atoms with Crippen LogP contribution < -0.4 is 20.9 Å². The molecule has 0 aliphatic heterocycles. The molecule has 4 N–H and O–H groups in total. The number of rotatable bonds is 3. The molecule has 0 bridgehead atoms. The minimum atomic E-state index is 0.263. The number of nitrogen functional groups attached to an aromatic ring is 2. The summed E-state index contributed by atoms with van der Waals surface area (Å²) in [6.07, 6.45) is 0. The summed E-state index contributed by atoms with van der Waals surface area (Å²) in [5.74, 6) is 0.864. The number of methoxy groups -OCH3 is 2. The summed E-state index contributed by atoms with van der Waals surface area (Å²) in [6.45, 7) is 0. The fraction of sp³-hybridized carbons (Fsp3) is 0.143. The maximum absolute atomic E-state index is 9.23. The van der Waals surface area contributed by atoms with Gasteiger partial charge in [-0.2, -0.15) is 0 Å². The van der Waals surface area contributed by atoms with Gasteiger partial charge in [-0.1, -0.05) is 6.07 Å². The first-order valence-corrected chi connectivity index (χ1v) is 5.87. The number of benzene rings is 2. The standard InChI is InChI=1S/C14H14N4O2/c1-19-12-7-8(3-5-10(12)15)9-4-6-11(16)14(20-2)13(9)18-17/h3-7,15-17H,1-2H3/p+1. The van der Waals surface area contributed by atoms with E-state index in [-0.39, 0.29) is 5.69 Å². The van der Waals surface area contributed by atoms with Crippen LogP contribution in [0, 0.1) is 5.39 Å². The Hall–Kier alpha value is -2.94. The average Bonchev–Trinajstić information content (AvgIpc) is 2.47. The third kappa shape index (κ3) is 2.17. The zero-order chi connectivity index (χ0) is 14.7. The second-order valence-electron chi connectivity index (χ2n) is 4.14. The maximum atomic E-state index is 9.23. The molecule has 0 aliphatic carbocycles. The molecule has 0 heterocycles. The molecule has 0 radical (unpaired) electrons. The van der Waals surface area contributed by atoms with Gasteiger partial charge in [-0.3, -0.25) is 0 Å². The minimum absolute atomic E-state index is 0.263. The number of anilines is 2. The van der Waals surface area contributed by atoms with Crippen molar-refractivity contribution in [3.8, 4) is 22.6 Å². The van der Waals surface area contributed by atoms with E-state index in [1.807, 2.05) is 0 Å². The van der Waals surface area contributed by atoms with Crippen LogP contribution in [0.4, 0.5) is 17.1 Å². The number of nitrogens with two attached hydrogens (primary N) is 2. The van der Waals surface area contributed by atoms with Gasteiger partial charge >= 0.3 is 5.69 Å². The van der Waals surface area contributed by atoms with Gasteiger partial charge in [-0.15, -0.1) is 0 Å². The van der Waals surface area contributed by atoms with Gasteiger partial charge in [0.1, 0.15) is 5.75 Å². The Morgan fingerprint density at radius 1 is 1.00 bits per heavy atom. The van der Waals surface area contributed by atoms with Crippen molar-refractivity contribution in [3.63, 3.8) is 0 Å². The van der Waals surface area contributed by atoms with Crippen LogP contribution in [0.15, 0.2) is 30.3 Å². The third-order valence-corrected chi connectivity index (χ3v) is 3.01. The fourth-order valence-corrected chi connectivity index (χ4v) is 2.01. The molecular formula is C14H15N4O2+. The predicted octanol–water partition coefficient (Wildman–Crippen LogP) is 3.02. The zero-order valence-corrected chi connectivity index (χ0v) is 11.3. The Balaban J connectivity index is 2.67. The Morgan fingerprint density at radius 3 is 2.30 bits per heavy atom. The highest BCUT2D eigenvalue weighted by Gasteiger charge is 2.25. The van der Waals surface area contributed by atoms with Crippen molar-refractivity contribution in [3.05, 3.63) is 35.3 Å². The van der Waals surface area contributed by atoms with Crippen LogP contribution in [0.3, 0.4) is 0 Å². The second-order valence-corrected chi connectivity index (χ2v) is 4.14. The summed E-state index contributed by atoms with van der Waals surface area (Å²) in [6, 6.07) is 8.72. The first-order chi connectivity index (χ1) is 9.62. The molecular weight excluding hydrogens is 256 g/mol. The number of diazo groups is 1. The summed E-state index contributed by atoms with van der Waals surface area (Å²) >= 11 is 0. The van der Waals surface area contributed by atoms with Gasteiger partial charge in [0.15, 0.2) is 4.98 Å². The monoisotopic (exact) mass is 271 g/mol. The van der Waals surface area contributed by atoms with Gasteiger partial charge in [0.2, 0.25) is 11.1 Å². The van der Waals surface area contributed by atoms with Crippen molar-refractivity contribution in [2.45, 2.75) is 0 Å². The molecule has 0 fully saturated rings. The van der Waals surface area contributed by atoms with Crippen molar-refractivity contribution >= 4 is 17.1 Å². The molecule has 2 aromatic carbocycles. The highest BCUT2D eigenvalue weighted by molar-refractivity contribution is 5.88. The zero-order valence-electron chi connectivity index (χ0n) is 11.3. The number of hydrogen-bond donors (Lipinski definition) is 2. The third-order valence-electron chi connectivity index (χ3n) is 3.01. The topological polar surface area (TPSA) is 98.6 Å². The summed E-state index contributed by atoms with van der Waals surface area (Å²) < 4.78 is 10.4. The van der Waals surface area contributed by atoms with Crippen LogP contribution in [-0.4, -0.2) is 14.2 Å². The van der Waals surface area contributed by atoms with E-state index >= 15 is 0 Å². The Labute approximate surface area is 116 Å². The van der Waals surface area contributed by atoms with Crippen molar-refractivity contribution in [2.24, 2.45) is 0 Å². The molecule has 20 heavy (non-hydrogen) atoms. The predicted molar refractivity (Wildman–Crippen MR) is 78.6 cm³/mol. The molecule has 102 valence electrons. The van der Waals surface area contributed by atoms with Crippen LogP contribution in [0.25, 0.3) is 16.1 Å². The largest absolute Gasteiger partial charge is 0.495 e. The molecule has 6 nitrogen and oxygen atoms in total. The molecule has 0 atom stereocenters. The van der Waals surface area contributed by atoms with Crippen LogP contribution in [0.5, 0.6) is 11.5 Å². The van der Waals surface area contributed by atoms with Crippen molar-refractivity contribution < 1.29 is 9.47 Å². The molecule has 2 rings (SSSR count). The lowest BCUT2D eigenvalue weighted by Gasteiger charge is -2.08. The molecule has 0 aliphatic rings. The highest BCUT2D eigenvalue weighted by Crippen LogP contribution is 2.43. The van der Waals surface area contributed by atoms with E-state index in [1.165, 1.54) is 14.2 Å². The quantitative estimate of drug-likeness (QED) is 0.660. The molecule has 6 heteroatoms. The van der Waals surface area contributed by atoms with Gasteiger partial charge in [0, 0.05) is 0 Å². The van der Waals surface area contributed by atoms with E-state index in [9.17, 15) is 5.39 Å². The van der Waals surface area contributed by atoms with Crippen molar-refractivity contribution in [1.82, 2.24) is 0 Å². The Kier molecular flexibility index (Phi) is 3.62. The van der Waals surface area contributed by atoms with E-state index in [1.54, 1.807) is 30.3 Å². The normalized spacial score (nSPS) is 9.85. The van der Waals surface area contributed by atoms with Crippen LogP contribution in [-0.2, 0) is 0 Å². The number of nitrogens with zero attached hydrogens (tertiary/aromatic N) is 2. The first kappa shape index (κ1) is 13.5. The summed E-state index contributed by atoms with van der Waals surface area (Å²) in [5, 5.41) is 9.23. The first-order valence-electron chi connectivity index (χ1n) is 5.87. The molecule has 0 saturated carbocycles. The summed E-state index contributed by atoms with van der Waals surface area (Å²) in [7, 11) is 3.00.